The van der Waals surface area contributed by atoms with Gasteiger partial charge in [0.25, 0.3) is 0 Å². The van der Waals surface area contributed by atoms with Gasteiger partial charge in [0.1, 0.15) is 5.60 Å². The zero-order valence-corrected chi connectivity index (χ0v) is 12.6. The van der Waals surface area contributed by atoms with Gasteiger partial charge in [-0.15, -0.1) is 11.8 Å². The quantitative estimate of drug-likeness (QED) is 0.798. The van der Waals surface area contributed by atoms with Crippen LogP contribution < -0.4 is 0 Å². The number of ether oxygens (including phenoxy) is 1. The van der Waals surface area contributed by atoms with E-state index in [1.807, 2.05) is 32.9 Å². The normalized spacial score (nSPS) is 11.3. The van der Waals surface area contributed by atoms with Crippen molar-refractivity contribution in [3.8, 4) is 0 Å². The minimum absolute atomic E-state index is 0.181. The van der Waals surface area contributed by atoms with Gasteiger partial charge in [-0.05, 0) is 48.8 Å². The molecule has 0 aliphatic rings. The zero-order chi connectivity index (χ0) is 12.9. The number of rotatable bonds is 4. The fraction of sp³-hybridized carbons (Fsp3) is 0.500. The Hall–Kier alpha value is -0.550. The molecule has 0 bridgehead atoms. The Bertz CT molecular complexity index is 373. The van der Waals surface area contributed by atoms with E-state index >= 15 is 0 Å². The second-order valence-corrected chi connectivity index (χ2v) is 6.45. The maximum Gasteiger partial charge on any atom is 0.316 e. The van der Waals surface area contributed by atoms with Crippen molar-refractivity contribution in [2.45, 2.75) is 32.1 Å². The van der Waals surface area contributed by atoms with Crippen molar-refractivity contribution >= 4 is 33.7 Å². The van der Waals surface area contributed by atoms with Crippen molar-refractivity contribution in [1.82, 2.24) is 4.98 Å². The summed E-state index contributed by atoms with van der Waals surface area (Å²) in [5.74, 6) is 0.890. The van der Waals surface area contributed by atoms with Crippen molar-refractivity contribution in [2.75, 3.05) is 5.75 Å². The third-order valence-electron chi connectivity index (χ3n) is 1.68. The van der Waals surface area contributed by atoms with E-state index in [2.05, 4.69) is 20.9 Å². The van der Waals surface area contributed by atoms with E-state index in [0.29, 0.717) is 11.5 Å². The first-order valence-electron chi connectivity index (χ1n) is 5.27. The second-order valence-electron chi connectivity index (χ2n) is 4.55. The standard InChI is InChI=1S/C12H16BrNO2S/c1-12(2,3)16-11(15)8-17-7-10-5-4-9(13)6-14-10/h4-6H,7-8H2,1-3H3. The van der Waals surface area contributed by atoms with Crippen LogP contribution >= 0.6 is 27.7 Å². The van der Waals surface area contributed by atoms with E-state index in [0.717, 1.165) is 10.2 Å². The summed E-state index contributed by atoms with van der Waals surface area (Å²) in [4.78, 5) is 15.7. The van der Waals surface area contributed by atoms with Gasteiger partial charge < -0.3 is 4.74 Å². The molecule has 0 radical (unpaired) electrons. The lowest BCUT2D eigenvalue weighted by atomic mass is 10.2. The number of hydrogen-bond donors (Lipinski definition) is 0. The molecule has 17 heavy (non-hydrogen) atoms. The van der Waals surface area contributed by atoms with E-state index in [1.54, 1.807) is 6.20 Å². The molecule has 0 fully saturated rings. The van der Waals surface area contributed by atoms with Crippen molar-refractivity contribution in [3.05, 3.63) is 28.5 Å². The molecule has 0 N–H and O–H groups in total. The molecule has 0 saturated carbocycles. The van der Waals surface area contributed by atoms with E-state index in [4.69, 9.17) is 4.74 Å². The molecule has 1 aromatic rings. The number of pyridine rings is 1. The molecule has 0 saturated heterocycles. The average molecular weight is 318 g/mol. The van der Waals surface area contributed by atoms with Crippen LogP contribution in [0.5, 0.6) is 0 Å². The van der Waals surface area contributed by atoms with E-state index in [-0.39, 0.29) is 5.97 Å². The molecule has 0 aliphatic carbocycles. The predicted octanol–water partition coefficient (Wildman–Crippen LogP) is 3.42. The third kappa shape index (κ3) is 6.68. The fourth-order valence-corrected chi connectivity index (χ4v) is 2.04. The summed E-state index contributed by atoms with van der Waals surface area (Å²) in [7, 11) is 0. The molecule has 3 nitrogen and oxygen atoms in total. The zero-order valence-electron chi connectivity index (χ0n) is 10.2. The molecule has 1 rings (SSSR count). The lowest BCUT2D eigenvalue weighted by molar-refractivity contribution is -0.151. The highest BCUT2D eigenvalue weighted by molar-refractivity contribution is 9.10. The van der Waals surface area contributed by atoms with E-state index in [1.165, 1.54) is 11.8 Å². The minimum Gasteiger partial charge on any atom is -0.459 e. The van der Waals surface area contributed by atoms with Gasteiger partial charge in [-0.1, -0.05) is 0 Å². The van der Waals surface area contributed by atoms with Crippen LogP contribution in [0.2, 0.25) is 0 Å². The number of nitrogens with zero attached hydrogens (tertiary/aromatic N) is 1. The monoisotopic (exact) mass is 317 g/mol. The Morgan fingerprint density at radius 1 is 1.47 bits per heavy atom. The van der Waals surface area contributed by atoms with Crippen molar-refractivity contribution in [1.29, 1.82) is 0 Å². The summed E-state index contributed by atoms with van der Waals surface area (Å²) in [6.45, 7) is 5.60. The average Bonchev–Trinajstić information content (AvgIpc) is 2.18. The summed E-state index contributed by atoms with van der Waals surface area (Å²) in [6, 6.07) is 3.88. The van der Waals surface area contributed by atoms with Gasteiger partial charge in [-0.2, -0.15) is 0 Å². The van der Waals surface area contributed by atoms with Crippen LogP contribution in [0.3, 0.4) is 0 Å². The van der Waals surface area contributed by atoms with E-state index in [9.17, 15) is 4.79 Å². The number of hydrogen-bond acceptors (Lipinski definition) is 4. The Balaban J connectivity index is 2.28. The first kappa shape index (κ1) is 14.5. The number of halogens is 1. The summed E-state index contributed by atoms with van der Waals surface area (Å²) in [6.07, 6.45) is 1.75. The highest BCUT2D eigenvalue weighted by Crippen LogP contribution is 2.15. The smallest absolute Gasteiger partial charge is 0.316 e. The largest absolute Gasteiger partial charge is 0.459 e. The molecule has 0 atom stereocenters. The van der Waals surface area contributed by atoms with Crippen molar-refractivity contribution < 1.29 is 9.53 Å². The Kier molecular flexibility index (Phi) is 5.46. The summed E-state index contributed by atoms with van der Waals surface area (Å²) >= 11 is 4.84. The lowest BCUT2D eigenvalue weighted by Crippen LogP contribution is -2.24. The Labute approximate surface area is 114 Å². The molecule has 94 valence electrons. The highest BCUT2D eigenvalue weighted by atomic mass is 79.9. The first-order chi connectivity index (χ1) is 7.87. The predicted molar refractivity (Wildman–Crippen MR) is 73.9 cm³/mol. The SMILES string of the molecule is CC(C)(C)OC(=O)CSCc1ccc(Br)cn1. The van der Waals surface area contributed by atoms with Crippen LogP contribution in [0.1, 0.15) is 26.5 Å². The maximum absolute atomic E-state index is 11.4. The number of carbonyl (C=O) groups is 1. The van der Waals surface area contributed by atoms with Crippen LogP contribution in [0.4, 0.5) is 0 Å². The fourth-order valence-electron chi connectivity index (χ4n) is 1.10. The second kappa shape index (κ2) is 6.40. The number of aromatic nitrogens is 1. The van der Waals surface area contributed by atoms with Gasteiger partial charge >= 0.3 is 5.97 Å². The van der Waals surface area contributed by atoms with Gasteiger partial charge in [-0.25, -0.2) is 0 Å². The van der Waals surface area contributed by atoms with Gasteiger partial charge in [0.05, 0.1) is 11.4 Å². The molecule has 0 unspecified atom stereocenters. The van der Waals surface area contributed by atoms with Gasteiger partial charge in [-0.3, -0.25) is 9.78 Å². The molecule has 0 aromatic carbocycles. The molecule has 5 heteroatoms. The third-order valence-corrected chi connectivity index (χ3v) is 3.09. The number of esters is 1. The molecule has 0 amide bonds. The van der Waals surface area contributed by atoms with Gasteiger partial charge in [0, 0.05) is 16.4 Å². The van der Waals surface area contributed by atoms with Gasteiger partial charge in [0.2, 0.25) is 0 Å². The molecule has 1 heterocycles. The number of carbonyl (C=O) groups excluding carboxylic acids is 1. The van der Waals surface area contributed by atoms with Crippen LogP contribution in [0.15, 0.2) is 22.8 Å². The lowest BCUT2D eigenvalue weighted by Gasteiger charge is -2.19. The van der Waals surface area contributed by atoms with E-state index < -0.39 is 5.60 Å². The van der Waals surface area contributed by atoms with Crippen molar-refractivity contribution in [3.63, 3.8) is 0 Å². The maximum atomic E-state index is 11.4. The molecular formula is C12H16BrNO2S. The minimum atomic E-state index is -0.409. The topological polar surface area (TPSA) is 39.2 Å². The molecule has 1 aromatic heterocycles. The van der Waals surface area contributed by atoms with Crippen LogP contribution in [-0.2, 0) is 15.3 Å². The van der Waals surface area contributed by atoms with Crippen LogP contribution in [-0.4, -0.2) is 22.3 Å². The Morgan fingerprint density at radius 3 is 2.71 bits per heavy atom. The molecule has 0 aliphatic heterocycles. The summed E-state index contributed by atoms with van der Waals surface area (Å²) in [5.41, 5.74) is 0.551. The van der Waals surface area contributed by atoms with Gasteiger partial charge in [0.15, 0.2) is 0 Å². The first-order valence-corrected chi connectivity index (χ1v) is 7.21. The van der Waals surface area contributed by atoms with Crippen LogP contribution in [0, 0.1) is 0 Å². The van der Waals surface area contributed by atoms with Crippen molar-refractivity contribution in [2.24, 2.45) is 0 Å². The summed E-state index contributed by atoms with van der Waals surface area (Å²) in [5, 5.41) is 0. The molecular weight excluding hydrogens is 302 g/mol. The number of thioether (sulfide) groups is 1. The highest BCUT2D eigenvalue weighted by Gasteiger charge is 2.15. The summed E-state index contributed by atoms with van der Waals surface area (Å²) < 4.78 is 6.16. The van der Waals surface area contributed by atoms with Crippen LogP contribution in [0.25, 0.3) is 0 Å². The Morgan fingerprint density at radius 2 is 2.18 bits per heavy atom. The molecule has 0 spiro atoms.